The number of unbranched alkanes of at least 4 members (excludes halogenated alkanes) is 1. The minimum atomic E-state index is -4.39. The molecule has 1 aliphatic rings. The topological polar surface area (TPSA) is 23.5 Å². The summed E-state index contributed by atoms with van der Waals surface area (Å²) in [6.07, 6.45) is -0.625. The molecule has 1 aromatic carbocycles. The molecule has 2 rings (SSSR count). The minimum Gasteiger partial charge on any atom is -0.392 e. The smallest absolute Gasteiger partial charge is 0.392 e. The van der Waals surface area contributed by atoms with E-state index in [1.807, 2.05) is 11.8 Å². The maximum Gasteiger partial charge on any atom is 0.418 e. The van der Waals surface area contributed by atoms with Gasteiger partial charge in [-0.25, -0.2) is 0 Å². The molecule has 0 unspecified atom stereocenters. The van der Waals surface area contributed by atoms with E-state index in [2.05, 4.69) is 0 Å². The standard InChI is InChI=1S/C15H20F3NO/c1-2-3-8-19(12-5-6-12)14-7-4-11(10-20)9-13(14)15(16,17)18/h4,7,9,12,20H,2-3,5-6,8,10H2,1H3. The number of halogens is 3. The molecule has 1 fully saturated rings. The Balaban J connectivity index is 2.37. The first-order chi connectivity index (χ1) is 9.47. The van der Waals surface area contributed by atoms with Crippen molar-refractivity contribution in [2.75, 3.05) is 11.4 Å². The van der Waals surface area contributed by atoms with Crippen molar-refractivity contribution < 1.29 is 18.3 Å². The Morgan fingerprint density at radius 1 is 1.30 bits per heavy atom. The van der Waals surface area contributed by atoms with Crippen molar-refractivity contribution in [3.8, 4) is 0 Å². The third-order valence-corrected chi connectivity index (χ3v) is 3.60. The molecule has 0 bridgehead atoms. The summed E-state index contributed by atoms with van der Waals surface area (Å²) in [7, 11) is 0. The second-order valence-corrected chi connectivity index (χ2v) is 5.29. The molecule has 0 saturated heterocycles. The van der Waals surface area contributed by atoms with E-state index in [9.17, 15) is 13.2 Å². The van der Waals surface area contributed by atoms with Crippen molar-refractivity contribution in [2.45, 2.75) is 51.4 Å². The van der Waals surface area contributed by atoms with Crippen molar-refractivity contribution in [1.29, 1.82) is 0 Å². The summed E-state index contributed by atoms with van der Waals surface area (Å²) in [6.45, 7) is 2.31. The molecule has 20 heavy (non-hydrogen) atoms. The van der Waals surface area contributed by atoms with E-state index in [4.69, 9.17) is 5.11 Å². The maximum atomic E-state index is 13.2. The van der Waals surface area contributed by atoms with E-state index >= 15 is 0 Å². The maximum absolute atomic E-state index is 13.2. The molecule has 0 heterocycles. The van der Waals surface area contributed by atoms with Crippen molar-refractivity contribution in [3.05, 3.63) is 29.3 Å². The molecule has 0 atom stereocenters. The third-order valence-electron chi connectivity index (χ3n) is 3.60. The van der Waals surface area contributed by atoms with Crippen LogP contribution >= 0.6 is 0 Å². The van der Waals surface area contributed by atoms with Crippen LogP contribution in [-0.4, -0.2) is 17.7 Å². The molecule has 0 amide bonds. The average molecular weight is 287 g/mol. The van der Waals surface area contributed by atoms with E-state index in [1.165, 1.54) is 6.07 Å². The summed E-state index contributed by atoms with van der Waals surface area (Å²) < 4.78 is 39.7. The molecule has 0 aliphatic heterocycles. The summed E-state index contributed by atoms with van der Waals surface area (Å²) in [5, 5.41) is 9.04. The summed E-state index contributed by atoms with van der Waals surface area (Å²) in [5.41, 5.74) is -0.0787. The first kappa shape index (κ1) is 15.2. The van der Waals surface area contributed by atoms with Gasteiger partial charge in [0.2, 0.25) is 0 Å². The van der Waals surface area contributed by atoms with Crippen LogP contribution in [0, 0.1) is 0 Å². The molecule has 0 aromatic heterocycles. The Bertz CT molecular complexity index is 455. The van der Waals surface area contributed by atoms with Crippen molar-refractivity contribution in [2.24, 2.45) is 0 Å². The Labute approximate surface area is 117 Å². The van der Waals surface area contributed by atoms with E-state index in [0.29, 0.717) is 12.1 Å². The van der Waals surface area contributed by atoms with Gasteiger partial charge in [-0.1, -0.05) is 19.4 Å². The summed E-state index contributed by atoms with van der Waals surface area (Å²) in [4.78, 5) is 1.88. The number of aliphatic hydroxyl groups is 1. The molecule has 112 valence electrons. The van der Waals surface area contributed by atoms with Crippen LogP contribution in [0.2, 0.25) is 0 Å². The number of hydrogen-bond donors (Lipinski definition) is 1. The van der Waals surface area contributed by atoms with Crippen LogP contribution in [0.15, 0.2) is 18.2 Å². The van der Waals surface area contributed by atoms with Crippen molar-refractivity contribution >= 4 is 5.69 Å². The van der Waals surface area contributed by atoms with Gasteiger partial charge in [-0.05, 0) is 37.0 Å². The van der Waals surface area contributed by atoms with E-state index in [1.54, 1.807) is 6.07 Å². The molecule has 1 aromatic rings. The number of anilines is 1. The quantitative estimate of drug-likeness (QED) is 0.856. The van der Waals surface area contributed by atoms with Crippen molar-refractivity contribution in [3.63, 3.8) is 0 Å². The largest absolute Gasteiger partial charge is 0.418 e. The van der Waals surface area contributed by atoms with E-state index < -0.39 is 11.7 Å². The third kappa shape index (κ3) is 3.45. The highest BCUT2D eigenvalue weighted by Crippen LogP contribution is 2.41. The number of benzene rings is 1. The number of nitrogens with zero attached hydrogens (tertiary/aromatic N) is 1. The Hall–Kier alpha value is -1.23. The van der Waals surface area contributed by atoms with Gasteiger partial charge in [0.1, 0.15) is 0 Å². The molecule has 1 aliphatic carbocycles. The van der Waals surface area contributed by atoms with Crippen LogP contribution in [-0.2, 0) is 12.8 Å². The Morgan fingerprint density at radius 3 is 2.50 bits per heavy atom. The van der Waals surface area contributed by atoms with Crippen LogP contribution < -0.4 is 4.90 Å². The number of aliphatic hydroxyl groups excluding tert-OH is 1. The number of alkyl halides is 3. The highest BCUT2D eigenvalue weighted by Gasteiger charge is 2.38. The SMILES string of the molecule is CCCCN(c1ccc(CO)cc1C(F)(F)F)C1CC1. The van der Waals surface area contributed by atoms with Gasteiger partial charge in [-0.2, -0.15) is 13.2 Å². The predicted octanol–water partition coefficient (Wildman–Crippen LogP) is 3.97. The van der Waals surface area contributed by atoms with Gasteiger partial charge in [0.15, 0.2) is 0 Å². The molecule has 0 spiro atoms. The van der Waals surface area contributed by atoms with E-state index in [-0.39, 0.29) is 18.3 Å². The molecular formula is C15H20F3NO. The van der Waals surface area contributed by atoms with Gasteiger partial charge in [-0.3, -0.25) is 0 Å². The van der Waals surface area contributed by atoms with E-state index in [0.717, 1.165) is 31.7 Å². The zero-order valence-electron chi connectivity index (χ0n) is 11.6. The Morgan fingerprint density at radius 2 is 2.00 bits per heavy atom. The average Bonchev–Trinajstić information content (AvgIpc) is 3.23. The fourth-order valence-electron chi connectivity index (χ4n) is 2.37. The fraction of sp³-hybridized carbons (Fsp3) is 0.600. The van der Waals surface area contributed by atoms with Crippen LogP contribution in [0.25, 0.3) is 0 Å². The molecule has 2 nitrogen and oxygen atoms in total. The highest BCUT2D eigenvalue weighted by atomic mass is 19.4. The van der Waals surface area contributed by atoms with Crippen LogP contribution in [0.1, 0.15) is 43.7 Å². The van der Waals surface area contributed by atoms with Gasteiger partial charge in [0.05, 0.1) is 12.2 Å². The summed E-state index contributed by atoms with van der Waals surface area (Å²) in [5.74, 6) is 0. The highest BCUT2D eigenvalue weighted by molar-refractivity contribution is 5.58. The number of hydrogen-bond acceptors (Lipinski definition) is 2. The van der Waals surface area contributed by atoms with Crippen molar-refractivity contribution in [1.82, 2.24) is 0 Å². The normalized spacial score (nSPS) is 15.4. The van der Waals surface area contributed by atoms with Crippen LogP contribution in [0.4, 0.5) is 18.9 Å². The lowest BCUT2D eigenvalue weighted by Gasteiger charge is -2.28. The summed E-state index contributed by atoms with van der Waals surface area (Å²) >= 11 is 0. The lowest BCUT2D eigenvalue weighted by atomic mass is 10.1. The molecule has 0 radical (unpaired) electrons. The first-order valence-corrected chi connectivity index (χ1v) is 7.05. The van der Waals surface area contributed by atoms with Gasteiger partial charge in [0, 0.05) is 18.3 Å². The van der Waals surface area contributed by atoms with Gasteiger partial charge in [0.25, 0.3) is 0 Å². The molecule has 5 heteroatoms. The van der Waals surface area contributed by atoms with Crippen LogP contribution in [0.5, 0.6) is 0 Å². The predicted molar refractivity (Wildman–Crippen MR) is 72.6 cm³/mol. The lowest BCUT2D eigenvalue weighted by molar-refractivity contribution is -0.137. The molecular weight excluding hydrogens is 267 g/mol. The fourth-order valence-corrected chi connectivity index (χ4v) is 2.37. The summed E-state index contributed by atoms with van der Waals surface area (Å²) in [6, 6.07) is 4.38. The molecule has 1 N–H and O–H groups in total. The number of rotatable bonds is 6. The monoisotopic (exact) mass is 287 g/mol. The second-order valence-electron chi connectivity index (χ2n) is 5.29. The molecule has 1 saturated carbocycles. The first-order valence-electron chi connectivity index (χ1n) is 7.05. The van der Waals surface area contributed by atoms with Gasteiger partial charge in [-0.15, -0.1) is 0 Å². The lowest BCUT2D eigenvalue weighted by Crippen LogP contribution is -2.29. The van der Waals surface area contributed by atoms with Gasteiger partial charge < -0.3 is 10.0 Å². The zero-order valence-corrected chi connectivity index (χ0v) is 11.6. The minimum absolute atomic E-state index is 0.239. The second kappa shape index (κ2) is 6.04. The Kier molecular flexibility index (Phi) is 4.58. The zero-order chi connectivity index (χ0) is 14.8. The van der Waals surface area contributed by atoms with Gasteiger partial charge >= 0.3 is 6.18 Å². The van der Waals surface area contributed by atoms with Crippen LogP contribution in [0.3, 0.4) is 0 Å².